The molecule has 2 aromatic heterocycles. The van der Waals surface area contributed by atoms with Crippen molar-refractivity contribution in [3.8, 4) is 11.4 Å². The molecule has 1 atom stereocenters. The molecular weight excluding hydrogens is 344 g/mol. The Morgan fingerprint density at radius 3 is 2.59 bits per heavy atom. The van der Waals surface area contributed by atoms with Crippen molar-refractivity contribution in [1.29, 1.82) is 0 Å². The average molecular weight is 360 g/mol. The number of nitrogens with one attached hydrogen (secondary N) is 1. The Bertz CT molecular complexity index is 1140. The average Bonchev–Trinajstić information content (AvgIpc) is 3.34. The maximum atomic E-state index is 12.9. The van der Waals surface area contributed by atoms with E-state index in [9.17, 15) is 9.59 Å². The van der Waals surface area contributed by atoms with Crippen LogP contribution in [-0.4, -0.2) is 36.9 Å². The van der Waals surface area contributed by atoms with Crippen LogP contribution in [0, 0.1) is 0 Å². The fourth-order valence-corrected chi connectivity index (χ4v) is 2.89. The number of aromatic amines is 1. The number of rotatable bonds is 5. The minimum atomic E-state index is -0.615. The molecule has 27 heavy (non-hydrogen) atoms. The van der Waals surface area contributed by atoms with Crippen molar-refractivity contribution in [3.05, 3.63) is 65.9 Å². The number of benzene rings is 2. The first-order chi connectivity index (χ1) is 13.0. The summed E-state index contributed by atoms with van der Waals surface area (Å²) in [6.45, 7) is 1.73. The Morgan fingerprint density at radius 2 is 1.85 bits per heavy atom. The summed E-state index contributed by atoms with van der Waals surface area (Å²) in [6.07, 6.45) is 1.70. The van der Waals surface area contributed by atoms with E-state index in [1.54, 1.807) is 37.4 Å². The fourth-order valence-electron chi connectivity index (χ4n) is 2.89. The molecule has 0 bridgehead atoms. The number of nitrogens with zero attached hydrogens (tertiary/aromatic N) is 4. The molecule has 4 rings (SSSR count). The van der Waals surface area contributed by atoms with Crippen LogP contribution in [0.2, 0.25) is 0 Å². The van der Waals surface area contributed by atoms with Gasteiger partial charge < -0.3 is 10.7 Å². The first-order valence-corrected chi connectivity index (χ1v) is 8.34. The van der Waals surface area contributed by atoms with Gasteiger partial charge in [0.15, 0.2) is 5.78 Å². The zero-order valence-corrected chi connectivity index (χ0v) is 14.5. The highest BCUT2D eigenvalue weighted by Gasteiger charge is 2.22. The molecule has 4 aromatic rings. The van der Waals surface area contributed by atoms with Gasteiger partial charge in [-0.2, -0.15) is 4.80 Å². The van der Waals surface area contributed by atoms with Crippen LogP contribution in [0.25, 0.3) is 22.3 Å². The Labute approximate surface area is 154 Å². The molecule has 1 amide bonds. The number of primary amides is 1. The predicted octanol–water partition coefficient (Wildman–Crippen LogP) is 2.36. The topological polar surface area (TPSA) is 120 Å². The van der Waals surface area contributed by atoms with Crippen LogP contribution in [0.4, 0.5) is 0 Å². The van der Waals surface area contributed by atoms with E-state index in [1.165, 1.54) is 4.80 Å². The number of nitrogens with two attached hydrogens (primary N) is 1. The highest BCUT2D eigenvalue weighted by molar-refractivity contribution is 6.09. The van der Waals surface area contributed by atoms with E-state index in [2.05, 4.69) is 20.4 Å². The molecule has 2 heterocycles. The quantitative estimate of drug-likeness (QED) is 0.529. The lowest BCUT2D eigenvalue weighted by Crippen LogP contribution is -2.19. The number of para-hydroxylation sites is 1. The van der Waals surface area contributed by atoms with Gasteiger partial charge in [0.05, 0.1) is 0 Å². The molecule has 3 N–H and O–H groups in total. The molecule has 8 heteroatoms. The molecule has 1 unspecified atom stereocenters. The van der Waals surface area contributed by atoms with Gasteiger partial charge in [-0.1, -0.05) is 30.3 Å². The molecule has 0 saturated carbocycles. The number of hydrogen-bond donors (Lipinski definition) is 2. The fraction of sp³-hybridized carbons (Fsp3) is 0.105. The summed E-state index contributed by atoms with van der Waals surface area (Å²) in [5.74, 6) is -0.249. The van der Waals surface area contributed by atoms with Crippen molar-refractivity contribution >= 4 is 22.6 Å². The molecule has 0 spiro atoms. The molecule has 0 aliphatic carbocycles. The van der Waals surface area contributed by atoms with E-state index in [-0.39, 0.29) is 5.78 Å². The minimum Gasteiger partial charge on any atom is -0.366 e. The molecule has 0 radical (unpaired) electrons. The van der Waals surface area contributed by atoms with Crippen LogP contribution in [0.5, 0.6) is 0 Å². The van der Waals surface area contributed by atoms with Crippen LogP contribution >= 0.6 is 0 Å². The zero-order valence-electron chi connectivity index (χ0n) is 14.5. The van der Waals surface area contributed by atoms with Crippen LogP contribution in [-0.2, 0) is 0 Å². The second-order valence-corrected chi connectivity index (χ2v) is 6.16. The Morgan fingerprint density at radius 1 is 1.11 bits per heavy atom. The van der Waals surface area contributed by atoms with Crippen LogP contribution < -0.4 is 5.73 Å². The number of hydrogen-bond acceptors (Lipinski definition) is 5. The largest absolute Gasteiger partial charge is 0.366 e. The summed E-state index contributed by atoms with van der Waals surface area (Å²) in [7, 11) is 0. The van der Waals surface area contributed by atoms with Gasteiger partial charge in [-0.3, -0.25) is 9.59 Å². The summed E-state index contributed by atoms with van der Waals surface area (Å²) in [6, 6.07) is 13.6. The van der Waals surface area contributed by atoms with Crippen molar-refractivity contribution in [2.24, 2.45) is 5.73 Å². The molecule has 134 valence electrons. The summed E-state index contributed by atoms with van der Waals surface area (Å²) >= 11 is 0. The van der Waals surface area contributed by atoms with Gasteiger partial charge in [-0.25, -0.2) is 0 Å². The lowest BCUT2D eigenvalue weighted by Gasteiger charge is -2.07. The van der Waals surface area contributed by atoms with Gasteiger partial charge in [0, 0.05) is 33.8 Å². The van der Waals surface area contributed by atoms with E-state index < -0.39 is 11.9 Å². The van der Waals surface area contributed by atoms with Gasteiger partial charge in [0.25, 0.3) is 0 Å². The van der Waals surface area contributed by atoms with E-state index >= 15 is 0 Å². The summed E-state index contributed by atoms with van der Waals surface area (Å²) < 4.78 is 0. The zero-order chi connectivity index (χ0) is 19.0. The monoisotopic (exact) mass is 360 g/mol. The molecule has 0 aliphatic rings. The van der Waals surface area contributed by atoms with Crippen molar-refractivity contribution in [3.63, 3.8) is 0 Å². The van der Waals surface area contributed by atoms with E-state index in [0.29, 0.717) is 22.5 Å². The first-order valence-electron chi connectivity index (χ1n) is 8.34. The summed E-state index contributed by atoms with van der Waals surface area (Å²) in [5.41, 5.74) is 7.80. The van der Waals surface area contributed by atoms with E-state index in [4.69, 9.17) is 5.73 Å². The van der Waals surface area contributed by atoms with Gasteiger partial charge >= 0.3 is 0 Å². The van der Waals surface area contributed by atoms with Crippen molar-refractivity contribution in [2.45, 2.75) is 13.0 Å². The lowest BCUT2D eigenvalue weighted by atomic mass is 10.1. The SMILES string of the molecule is CC(C(=O)c1c[nH]c2ccccc12)n1nnc(-c2ccc(C(N)=O)cc2)n1. The smallest absolute Gasteiger partial charge is 0.248 e. The van der Waals surface area contributed by atoms with Crippen LogP contribution in [0.1, 0.15) is 33.7 Å². The second kappa shape index (κ2) is 6.49. The van der Waals surface area contributed by atoms with E-state index in [1.807, 2.05) is 24.3 Å². The highest BCUT2D eigenvalue weighted by Crippen LogP contribution is 2.23. The van der Waals surface area contributed by atoms with Crippen molar-refractivity contribution in [2.75, 3.05) is 0 Å². The number of carbonyl (C=O) groups excluding carboxylic acids is 2. The van der Waals surface area contributed by atoms with Crippen LogP contribution in [0.15, 0.2) is 54.7 Å². The number of ketones is 1. The molecule has 0 saturated heterocycles. The summed E-state index contributed by atoms with van der Waals surface area (Å²) in [4.78, 5) is 28.4. The van der Waals surface area contributed by atoms with Gasteiger partial charge in [-0.15, -0.1) is 10.2 Å². The number of Topliss-reactive ketones (excluding diaryl/α,β-unsaturated/α-hetero) is 1. The molecule has 2 aromatic carbocycles. The Kier molecular flexibility index (Phi) is 4.00. The lowest BCUT2D eigenvalue weighted by molar-refractivity contribution is 0.0919. The first kappa shape index (κ1) is 16.6. The van der Waals surface area contributed by atoms with Gasteiger partial charge in [0.2, 0.25) is 11.7 Å². The van der Waals surface area contributed by atoms with Crippen LogP contribution in [0.3, 0.4) is 0 Å². The van der Waals surface area contributed by atoms with Gasteiger partial charge in [-0.05, 0) is 30.3 Å². The van der Waals surface area contributed by atoms with E-state index in [0.717, 1.165) is 10.9 Å². The number of tetrazole rings is 1. The molecule has 0 fully saturated rings. The minimum absolute atomic E-state index is 0.111. The molecule has 0 aliphatic heterocycles. The number of H-pyrrole nitrogens is 1. The maximum Gasteiger partial charge on any atom is 0.248 e. The third kappa shape index (κ3) is 2.97. The predicted molar refractivity (Wildman–Crippen MR) is 99.1 cm³/mol. The third-order valence-electron chi connectivity index (χ3n) is 4.44. The standard InChI is InChI=1S/C19H16N6O2/c1-11(17(26)15-10-21-16-5-3-2-4-14(15)16)25-23-19(22-24-25)13-8-6-12(7-9-13)18(20)27/h2-11,21H,1H3,(H2,20,27). The Hall–Kier alpha value is -3.81. The van der Waals surface area contributed by atoms with Crippen molar-refractivity contribution in [1.82, 2.24) is 25.2 Å². The number of carbonyl (C=O) groups is 2. The molecule has 8 nitrogen and oxygen atoms in total. The Balaban J connectivity index is 1.60. The normalized spacial score (nSPS) is 12.2. The number of fused-ring (bicyclic) bond motifs is 1. The van der Waals surface area contributed by atoms with Crippen molar-refractivity contribution < 1.29 is 9.59 Å². The maximum absolute atomic E-state index is 12.9. The second-order valence-electron chi connectivity index (χ2n) is 6.16. The number of aromatic nitrogens is 5. The molecular formula is C19H16N6O2. The highest BCUT2D eigenvalue weighted by atomic mass is 16.1. The third-order valence-corrected chi connectivity index (χ3v) is 4.44. The summed E-state index contributed by atoms with van der Waals surface area (Å²) in [5, 5.41) is 13.2. The van der Waals surface area contributed by atoms with Gasteiger partial charge in [0.1, 0.15) is 6.04 Å². The number of amides is 1.